The fourth-order valence-corrected chi connectivity index (χ4v) is 3.97. The number of nitrogens with two attached hydrogens (primary N) is 1. The van der Waals surface area contributed by atoms with E-state index < -0.39 is 20.6 Å². The largest absolute Gasteiger partial charge is 0.365 e. The standard InChI is InChI=1S/C18H18ClNO3S/c1-12-7-13(2)9-15(8-12)10-17(18(20)21)24(22,23)11-14-3-5-16(19)6-4-14/h3-10H,11H2,1-2H3,(H2,20,21)/b17-10-. The molecule has 2 aromatic rings. The molecule has 0 bridgehead atoms. The predicted molar refractivity (Wildman–Crippen MR) is 97.2 cm³/mol. The Kier molecular flexibility index (Phi) is 5.47. The minimum atomic E-state index is -3.87. The van der Waals surface area contributed by atoms with Crippen LogP contribution in [0, 0.1) is 13.8 Å². The lowest BCUT2D eigenvalue weighted by molar-refractivity contribution is -0.113. The highest BCUT2D eigenvalue weighted by molar-refractivity contribution is 7.95. The Morgan fingerprint density at radius 1 is 1.08 bits per heavy atom. The molecule has 0 fully saturated rings. The van der Waals surface area contributed by atoms with E-state index in [0.717, 1.165) is 11.1 Å². The Labute approximate surface area is 146 Å². The molecule has 0 saturated carbocycles. The molecule has 0 aliphatic carbocycles. The van der Waals surface area contributed by atoms with Crippen molar-refractivity contribution in [2.45, 2.75) is 19.6 Å². The monoisotopic (exact) mass is 363 g/mol. The Hall–Kier alpha value is -2.11. The lowest BCUT2D eigenvalue weighted by Crippen LogP contribution is -2.22. The summed E-state index contributed by atoms with van der Waals surface area (Å²) in [5, 5.41) is 0.511. The summed E-state index contributed by atoms with van der Waals surface area (Å²) in [7, 11) is -3.87. The number of benzene rings is 2. The summed E-state index contributed by atoms with van der Waals surface area (Å²) in [6.07, 6.45) is 1.33. The maximum atomic E-state index is 12.6. The van der Waals surface area contributed by atoms with Gasteiger partial charge in [-0.3, -0.25) is 4.79 Å². The van der Waals surface area contributed by atoms with Gasteiger partial charge in [0.1, 0.15) is 4.91 Å². The van der Waals surface area contributed by atoms with Gasteiger partial charge in [0.05, 0.1) is 5.75 Å². The zero-order valence-corrected chi connectivity index (χ0v) is 15.0. The summed E-state index contributed by atoms with van der Waals surface area (Å²) < 4.78 is 25.2. The minimum Gasteiger partial charge on any atom is -0.365 e. The molecule has 0 aliphatic heterocycles. The number of hydrogen-bond donors (Lipinski definition) is 1. The van der Waals surface area contributed by atoms with Crippen LogP contribution in [0.15, 0.2) is 47.4 Å². The Morgan fingerprint density at radius 3 is 2.12 bits per heavy atom. The number of halogens is 1. The van der Waals surface area contributed by atoms with E-state index >= 15 is 0 Å². The molecule has 4 nitrogen and oxygen atoms in total. The van der Waals surface area contributed by atoms with Crippen LogP contribution in [0.1, 0.15) is 22.3 Å². The fourth-order valence-electron chi connectivity index (χ4n) is 2.44. The van der Waals surface area contributed by atoms with Crippen LogP contribution in [-0.4, -0.2) is 14.3 Å². The van der Waals surface area contributed by atoms with E-state index in [9.17, 15) is 13.2 Å². The normalized spacial score (nSPS) is 12.2. The van der Waals surface area contributed by atoms with Crippen LogP contribution >= 0.6 is 11.6 Å². The highest BCUT2D eigenvalue weighted by atomic mass is 35.5. The summed E-state index contributed by atoms with van der Waals surface area (Å²) >= 11 is 5.80. The van der Waals surface area contributed by atoms with Crippen LogP contribution in [0.25, 0.3) is 6.08 Å². The van der Waals surface area contributed by atoms with Gasteiger partial charge in [0.2, 0.25) is 0 Å². The molecule has 2 N–H and O–H groups in total. The van der Waals surface area contributed by atoms with E-state index in [0.29, 0.717) is 16.1 Å². The second kappa shape index (κ2) is 7.20. The van der Waals surface area contributed by atoms with Crippen LogP contribution in [0.4, 0.5) is 0 Å². The third-order valence-electron chi connectivity index (χ3n) is 3.39. The summed E-state index contributed by atoms with van der Waals surface area (Å²) in [4.78, 5) is 11.3. The summed E-state index contributed by atoms with van der Waals surface area (Å²) in [5.41, 5.74) is 8.42. The van der Waals surface area contributed by atoms with E-state index in [1.807, 2.05) is 19.9 Å². The predicted octanol–water partition coefficient (Wildman–Crippen LogP) is 3.40. The maximum absolute atomic E-state index is 12.6. The lowest BCUT2D eigenvalue weighted by Gasteiger charge is -2.08. The van der Waals surface area contributed by atoms with Gasteiger partial charge in [-0.25, -0.2) is 8.42 Å². The van der Waals surface area contributed by atoms with E-state index in [-0.39, 0.29) is 5.75 Å². The van der Waals surface area contributed by atoms with Gasteiger partial charge in [0.15, 0.2) is 9.84 Å². The highest BCUT2D eigenvalue weighted by Crippen LogP contribution is 2.20. The molecule has 0 unspecified atom stereocenters. The van der Waals surface area contributed by atoms with Gasteiger partial charge in [0, 0.05) is 5.02 Å². The van der Waals surface area contributed by atoms with Crippen molar-refractivity contribution in [3.05, 3.63) is 74.6 Å². The summed E-state index contributed by atoms with van der Waals surface area (Å²) in [6.45, 7) is 3.80. The molecule has 6 heteroatoms. The van der Waals surface area contributed by atoms with Gasteiger partial charge in [-0.1, -0.05) is 53.1 Å². The Morgan fingerprint density at radius 2 is 1.62 bits per heavy atom. The van der Waals surface area contributed by atoms with Crippen LogP contribution in [0.3, 0.4) is 0 Å². The highest BCUT2D eigenvalue weighted by Gasteiger charge is 2.23. The van der Waals surface area contributed by atoms with E-state index in [1.54, 1.807) is 36.4 Å². The molecular weight excluding hydrogens is 346 g/mol. The molecule has 0 heterocycles. The van der Waals surface area contributed by atoms with E-state index in [4.69, 9.17) is 17.3 Å². The van der Waals surface area contributed by atoms with Gasteiger partial charge in [-0.05, 0) is 43.2 Å². The number of amides is 1. The molecule has 1 amide bonds. The summed E-state index contributed by atoms with van der Waals surface area (Å²) in [5.74, 6) is -1.29. The topological polar surface area (TPSA) is 77.2 Å². The number of aryl methyl sites for hydroxylation is 2. The SMILES string of the molecule is Cc1cc(C)cc(/C=C(/C(N)=O)S(=O)(=O)Cc2ccc(Cl)cc2)c1. The number of hydrogen-bond acceptors (Lipinski definition) is 3. The molecule has 0 spiro atoms. The number of carbonyl (C=O) groups excluding carboxylic acids is 1. The average Bonchev–Trinajstić information content (AvgIpc) is 2.45. The van der Waals surface area contributed by atoms with Gasteiger partial charge in [-0.2, -0.15) is 0 Å². The van der Waals surface area contributed by atoms with Crippen molar-refractivity contribution in [2.24, 2.45) is 5.73 Å². The number of carbonyl (C=O) groups is 1. The Balaban J connectivity index is 2.43. The molecule has 24 heavy (non-hydrogen) atoms. The lowest BCUT2D eigenvalue weighted by atomic mass is 10.1. The van der Waals surface area contributed by atoms with Crippen molar-refractivity contribution in [1.82, 2.24) is 0 Å². The van der Waals surface area contributed by atoms with E-state index in [2.05, 4.69) is 0 Å². The molecular formula is C18H18ClNO3S. The Bertz CT molecular complexity index is 880. The second-order valence-electron chi connectivity index (χ2n) is 5.68. The molecule has 2 rings (SSSR count). The second-order valence-corrected chi connectivity index (χ2v) is 8.07. The number of sulfone groups is 1. The average molecular weight is 364 g/mol. The number of rotatable bonds is 5. The first-order chi connectivity index (χ1) is 11.2. The fraction of sp³-hybridized carbons (Fsp3) is 0.167. The smallest absolute Gasteiger partial charge is 0.260 e. The van der Waals surface area contributed by atoms with Crippen molar-refractivity contribution < 1.29 is 13.2 Å². The summed E-state index contributed by atoms with van der Waals surface area (Å²) in [6, 6.07) is 12.0. The van der Waals surface area contributed by atoms with Crippen molar-refractivity contribution in [2.75, 3.05) is 0 Å². The van der Waals surface area contributed by atoms with Crippen LogP contribution in [0.2, 0.25) is 5.02 Å². The quantitative estimate of drug-likeness (QED) is 0.827. The molecule has 126 valence electrons. The first kappa shape index (κ1) is 18.2. The van der Waals surface area contributed by atoms with Crippen molar-refractivity contribution in [3.8, 4) is 0 Å². The zero-order chi connectivity index (χ0) is 17.9. The molecule has 0 atom stereocenters. The van der Waals surface area contributed by atoms with Gasteiger partial charge >= 0.3 is 0 Å². The van der Waals surface area contributed by atoms with Crippen LogP contribution in [0.5, 0.6) is 0 Å². The molecule has 0 saturated heterocycles. The molecule has 0 radical (unpaired) electrons. The first-order valence-electron chi connectivity index (χ1n) is 7.24. The van der Waals surface area contributed by atoms with Crippen LogP contribution in [-0.2, 0) is 20.4 Å². The maximum Gasteiger partial charge on any atom is 0.260 e. The molecule has 0 aromatic heterocycles. The zero-order valence-electron chi connectivity index (χ0n) is 13.4. The van der Waals surface area contributed by atoms with Gasteiger partial charge in [-0.15, -0.1) is 0 Å². The van der Waals surface area contributed by atoms with Gasteiger partial charge < -0.3 is 5.73 Å². The van der Waals surface area contributed by atoms with Gasteiger partial charge in [0.25, 0.3) is 5.91 Å². The molecule has 2 aromatic carbocycles. The third-order valence-corrected chi connectivity index (χ3v) is 5.34. The van der Waals surface area contributed by atoms with E-state index in [1.165, 1.54) is 6.08 Å². The molecule has 0 aliphatic rings. The third kappa shape index (κ3) is 4.69. The minimum absolute atomic E-state index is 0.316. The first-order valence-corrected chi connectivity index (χ1v) is 9.27. The van der Waals surface area contributed by atoms with Crippen molar-refractivity contribution in [1.29, 1.82) is 0 Å². The van der Waals surface area contributed by atoms with Crippen molar-refractivity contribution >= 4 is 33.4 Å². The van der Waals surface area contributed by atoms with Crippen molar-refractivity contribution in [3.63, 3.8) is 0 Å². The van der Waals surface area contributed by atoms with Crippen LogP contribution < -0.4 is 5.73 Å². The number of primary amides is 1.